The average Bonchev–Trinajstić information content (AvgIpc) is 2.58. The van der Waals surface area contributed by atoms with E-state index in [2.05, 4.69) is 51.0 Å². The maximum absolute atomic E-state index is 13.3. The SMILES string of the molecule is CC(C)c1ccc2c(c1)CC(=O)C1[C@@](C)(C=NOCCN)CCC[C@]21C. The van der Waals surface area contributed by atoms with Crippen LogP contribution in [0.25, 0.3) is 0 Å². The second kappa shape index (κ2) is 7.15. The van der Waals surface area contributed by atoms with Crippen LogP contribution < -0.4 is 5.73 Å². The number of rotatable bonds is 5. The molecule has 0 heterocycles. The molecular formula is C22H32N2O2. The number of oxime groups is 1. The Labute approximate surface area is 157 Å². The van der Waals surface area contributed by atoms with Gasteiger partial charge in [0.05, 0.1) is 6.21 Å². The van der Waals surface area contributed by atoms with Gasteiger partial charge in [0.2, 0.25) is 0 Å². The summed E-state index contributed by atoms with van der Waals surface area (Å²) in [5.41, 5.74) is 8.95. The van der Waals surface area contributed by atoms with Gasteiger partial charge >= 0.3 is 0 Å². The first kappa shape index (κ1) is 19.1. The van der Waals surface area contributed by atoms with Gasteiger partial charge in [0.15, 0.2) is 0 Å². The van der Waals surface area contributed by atoms with E-state index in [9.17, 15) is 4.79 Å². The molecule has 2 aliphatic carbocycles. The highest BCUT2D eigenvalue weighted by Gasteiger charge is 2.55. The van der Waals surface area contributed by atoms with Crippen molar-refractivity contribution in [2.45, 2.75) is 64.7 Å². The average molecular weight is 357 g/mol. The fraction of sp³-hybridized carbons (Fsp3) is 0.636. The smallest absolute Gasteiger partial charge is 0.142 e. The van der Waals surface area contributed by atoms with Gasteiger partial charge in [-0.2, -0.15) is 0 Å². The maximum atomic E-state index is 13.3. The summed E-state index contributed by atoms with van der Waals surface area (Å²) in [4.78, 5) is 18.5. The normalized spacial score (nSPS) is 31.2. The summed E-state index contributed by atoms with van der Waals surface area (Å²) < 4.78 is 0. The van der Waals surface area contributed by atoms with Crippen LogP contribution in [0.1, 0.15) is 69.6 Å². The summed E-state index contributed by atoms with van der Waals surface area (Å²) >= 11 is 0. The van der Waals surface area contributed by atoms with Crippen molar-refractivity contribution < 1.29 is 9.63 Å². The van der Waals surface area contributed by atoms with Crippen LogP contribution in [0.2, 0.25) is 0 Å². The minimum Gasteiger partial charge on any atom is -0.395 e. The minimum absolute atomic E-state index is 0.0497. The minimum atomic E-state index is -0.271. The van der Waals surface area contributed by atoms with Crippen LogP contribution in [0.3, 0.4) is 0 Å². The first-order valence-electron chi connectivity index (χ1n) is 9.84. The quantitative estimate of drug-likeness (QED) is 0.493. The van der Waals surface area contributed by atoms with Crippen LogP contribution in [-0.2, 0) is 21.5 Å². The topological polar surface area (TPSA) is 64.7 Å². The summed E-state index contributed by atoms with van der Waals surface area (Å²) in [5.74, 6) is 0.768. The fourth-order valence-corrected chi connectivity index (χ4v) is 5.23. The number of nitrogens with two attached hydrogens (primary N) is 1. The number of carbonyl (C=O) groups excluding carboxylic acids is 1. The molecule has 0 aliphatic heterocycles. The number of ketones is 1. The molecule has 1 saturated carbocycles. The molecule has 1 aromatic carbocycles. The number of Topliss-reactive ketones (excluding diaryl/α,β-unsaturated/α-hetero) is 1. The van der Waals surface area contributed by atoms with Gasteiger partial charge in [-0.1, -0.05) is 57.5 Å². The summed E-state index contributed by atoms with van der Waals surface area (Å²) in [6.45, 7) is 9.69. The molecule has 1 aromatic rings. The molecule has 0 amide bonds. The Bertz CT molecular complexity index is 712. The molecule has 1 unspecified atom stereocenters. The van der Waals surface area contributed by atoms with Crippen molar-refractivity contribution in [3.8, 4) is 0 Å². The lowest BCUT2D eigenvalue weighted by Gasteiger charge is -2.52. The fourth-order valence-electron chi connectivity index (χ4n) is 5.23. The Kier molecular flexibility index (Phi) is 5.25. The molecule has 3 rings (SSSR count). The lowest BCUT2D eigenvalue weighted by Crippen LogP contribution is -2.54. The van der Waals surface area contributed by atoms with Crippen LogP contribution in [0.15, 0.2) is 23.4 Å². The molecule has 0 radical (unpaired) electrons. The van der Waals surface area contributed by atoms with Crippen molar-refractivity contribution in [1.82, 2.24) is 0 Å². The van der Waals surface area contributed by atoms with Crippen molar-refractivity contribution in [3.63, 3.8) is 0 Å². The van der Waals surface area contributed by atoms with E-state index in [4.69, 9.17) is 10.6 Å². The Morgan fingerprint density at radius 2 is 2.12 bits per heavy atom. The summed E-state index contributed by atoms with van der Waals surface area (Å²) in [7, 11) is 0. The Hall–Kier alpha value is -1.68. The van der Waals surface area contributed by atoms with Crippen LogP contribution in [-0.4, -0.2) is 25.1 Å². The largest absolute Gasteiger partial charge is 0.395 e. The summed E-state index contributed by atoms with van der Waals surface area (Å²) in [6, 6.07) is 6.77. The van der Waals surface area contributed by atoms with Crippen molar-refractivity contribution in [1.29, 1.82) is 0 Å². The predicted octanol–water partition coefficient (Wildman–Crippen LogP) is 3.96. The van der Waals surface area contributed by atoms with E-state index in [0.29, 0.717) is 31.3 Å². The van der Waals surface area contributed by atoms with Gasteiger partial charge in [0.1, 0.15) is 12.4 Å². The third-order valence-electron chi connectivity index (χ3n) is 6.44. The molecule has 142 valence electrons. The van der Waals surface area contributed by atoms with Gasteiger partial charge in [0.25, 0.3) is 0 Å². The standard InChI is InChI=1S/C22H32N2O2/c1-15(2)16-6-7-18-17(12-16)13-19(25)20-21(3,14-24-26-11-10-23)8-5-9-22(18,20)4/h6-7,12,14-15,20H,5,8-11,13,23H2,1-4H3/t20?,21-,22-/m1/s1. The molecule has 3 atom stereocenters. The number of benzene rings is 1. The van der Waals surface area contributed by atoms with Crippen molar-refractivity contribution in [3.05, 3.63) is 34.9 Å². The van der Waals surface area contributed by atoms with Gasteiger partial charge < -0.3 is 10.6 Å². The third-order valence-corrected chi connectivity index (χ3v) is 6.44. The predicted molar refractivity (Wildman–Crippen MR) is 106 cm³/mol. The maximum Gasteiger partial charge on any atom is 0.142 e. The second-order valence-corrected chi connectivity index (χ2v) is 8.78. The molecule has 4 nitrogen and oxygen atoms in total. The van der Waals surface area contributed by atoms with Gasteiger partial charge in [-0.15, -0.1) is 0 Å². The van der Waals surface area contributed by atoms with Crippen molar-refractivity contribution in [2.24, 2.45) is 22.2 Å². The van der Waals surface area contributed by atoms with Gasteiger partial charge in [-0.05, 0) is 35.4 Å². The van der Waals surface area contributed by atoms with Crippen LogP contribution in [0.4, 0.5) is 0 Å². The van der Waals surface area contributed by atoms with Gasteiger partial charge in [0, 0.05) is 29.7 Å². The molecule has 0 bridgehead atoms. The van der Waals surface area contributed by atoms with E-state index in [1.807, 2.05) is 6.21 Å². The number of fused-ring (bicyclic) bond motifs is 3. The zero-order valence-corrected chi connectivity index (χ0v) is 16.5. The number of carbonyl (C=O) groups is 1. The zero-order valence-electron chi connectivity index (χ0n) is 16.5. The molecule has 0 spiro atoms. The van der Waals surface area contributed by atoms with E-state index < -0.39 is 0 Å². The number of hydrogen-bond donors (Lipinski definition) is 1. The van der Waals surface area contributed by atoms with Crippen LogP contribution >= 0.6 is 0 Å². The van der Waals surface area contributed by atoms with Crippen LogP contribution in [0, 0.1) is 11.3 Å². The molecule has 0 aromatic heterocycles. The number of hydrogen-bond acceptors (Lipinski definition) is 4. The Balaban J connectivity index is 2.00. The van der Waals surface area contributed by atoms with E-state index in [-0.39, 0.29) is 16.7 Å². The van der Waals surface area contributed by atoms with Crippen molar-refractivity contribution >= 4 is 12.0 Å². The summed E-state index contributed by atoms with van der Waals surface area (Å²) in [6.07, 6.45) is 5.50. The van der Waals surface area contributed by atoms with E-state index in [1.54, 1.807) is 0 Å². The highest BCUT2D eigenvalue weighted by Crippen LogP contribution is 2.55. The molecule has 26 heavy (non-hydrogen) atoms. The Morgan fingerprint density at radius 3 is 2.81 bits per heavy atom. The third kappa shape index (κ3) is 3.20. The van der Waals surface area contributed by atoms with Gasteiger partial charge in [-0.3, -0.25) is 4.79 Å². The Morgan fingerprint density at radius 1 is 1.35 bits per heavy atom. The van der Waals surface area contributed by atoms with Gasteiger partial charge in [-0.25, -0.2) is 0 Å². The highest BCUT2D eigenvalue weighted by atomic mass is 16.6. The lowest BCUT2D eigenvalue weighted by atomic mass is 9.49. The first-order valence-corrected chi connectivity index (χ1v) is 9.84. The van der Waals surface area contributed by atoms with E-state index in [1.165, 1.54) is 16.7 Å². The molecule has 2 N–H and O–H groups in total. The molecule has 4 heteroatoms. The molecule has 1 fully saturated rings. The zero-order chi connectivity index (χ0) is 18.9. The summed E-state index contributed by atoms with van der Waals surface area (Å²) in [5, 5.41) is 4.15. The van der Waals surface area contributed by atoms with Crippen molar-refractivity contribution in [2.75, 3.05) is 13.2 Å². The number of nitrogens with zero attached hydrogens (tertiary/aromatic N) is 1. The second-order valence-electron chi connectivity index (χ2n) is 8.78. The first-order chi connectivity index (χ1) is 12.3. The molecule has 2 aliphatic rings. The highest BCUT2D eigenvalue weighted by molar-refractivity contribution is 5.91. The van der Waals surface area contributed by atoms with Crippen LogP contribution in [0.5, 0.6) is 0 Å². The molecular weight excluding hydrogens is 324 g/mol. The monoisotopic (exact) mass is 356 g/mol. The molecule has 0 saturated heterocycles. The van der Waals surface area contributed by atoms with E-state index >= 15 is 0 Å². The van der Waals surface area contributed by atoms with E-state index in [0.717, 1.165) is 19.3 Å². The lowest BCUT2D eigenvalue weighted by molar-refractivity contribution is -0.130.